The van der Waals surface area contributed by atoms with Crippen molar-refractivity contribution in [3.8, 4) is 12.3 Å². The van der Waals surface area contributed by atoms with Crippen molar-refractivity contribution in [2.75, 3.05) is 6.54 Å². The van der Waals surface area contributed by atoms with Gasteiger partial charge in [0.2, 0.25) is 0 Å². The molecule has 1 aromatic heterocycles. The molecule has 0 amide bonds. The third-order valence-electron chi connectivity index (χ3n) is 2.69. The predicted octanol–water partition coefficient (Wildman–Crippen LogP) is 2.18. The molecule has 1 unspecified atom stereocenters. The summed E-state index contributed by atoms with van der Waals surface area (Å²) >= 11 is 0. The summed E-state index contributed by atoms with van der Waals surface area (Å²) in [5.74, 6) is 2.69. The quantitative estimate of drug-likeness (QED) is 0.587. The molecule has 88 valence electrons. The number of rotatable bonds is 6. The normalized spacial score (nSPS) is 12.4. The summed E-state index contributed by atoms with van der Waals surface area (Å²) < 4.78 is 1.87. The molecule has 1 aromatic rings. The molecule has 16 heavy (non-hydrogen) atoms. The number of aromatic nitrogens is 2. The van der Waals surface area contributed by atoms with Gasteiger partial charge in [-0.3, -0.25) is 4.68 Å². The molecule has 3 heteroatoms. The van der Waals surface area contributed by atoms with E-state index in [4.69, 9.17) is 6.42 Å². The lowest BCUT2D eigenvalue weighted by molar-refractivity contribution is 0.499. The fraction of sp³-hybridized carbons (Fsp3) is 0.615. The third-order valence-corrected chi connectivity index (χ3v) is 2.69. The maximum absolute atomic E-state index is 5.27. The molecule has 0 aliphatic carbocycles. The van der Waals surface area contributed by atoms with Gasteiger partial charge in [-0.1, -0.05) is 6.92 Å². The third kappa shape index (κ3) is 3.39. The van der Waals surface area contributed by atoms with Crippen LogP contribution in [0.1, 0.15) is 43.5 Å². The predicted molar refractivity (Wildman–Crippen MR) is 67.0 cm³/mol. The Morgan fingerprint density at radius 2 is 2.38 bits per heavy atom. The molecule has 1 N–H and O–H groups in total. The Bertz CT molecular complexity index is 360. The summed E-state index contributed by atoms with van der Waals surface area (Å²) in [6, 6.07) is 0.382. The number of aryl methyl sites for hydroxylation is 2. The van der Waals surface area contributed by atoms with E-state index in [-0.39, 0.29) is 0 Å². The van der Waals surface area contributed by atoms with Crippen LogP contribution >= 0.6 is 0 Å². The van der Waals surface area contributed by atoms with Crippen molar-refractivity contribution in [2.24, 2.45) is 7.05 Å². The topological polar surface area (TPSA) is 29.9 Å². The van der Waals surface area contributed by atoms with Crippen LogP contribution in [0.25, 0.3) is 0 Å². The van der Waals surface area contributed by atoms with E-state index in [9.17, 15) is 0 Å². The smallest absolute Gasteiger partial charge is 0.0641 e. The Labute approximate surface area is 98.2 Å². The molecule has 0 bridgehead atoms. The average Bonchev–Trinajstić information content (AvgIpc) is 2.57. The Hall–Kier alpha value is -1.27. The molecular weight excluding hydrogens is 198 g/mol. The zero-order chi connectivity index (χ0) is 12.0. The van der Waals surface area contributed by atoms with Gasteiger partial charge in [0.1, 0.15) is 0 Å². The molecule has 1 rings (SSSR count). The Morgan fingerprint density at radius 1 is 1.62 bits per heavy atom. The van der Waals surface area contributed by atoms with Crippen LogP contribution in [-0.2, 0) is 7.05 Å². The van der Waals surface area contributed by atoms with Crippen molar-refractivity contribution in [1.82, 2.24) is 15.1 Å². The minimum atomic E-state index is 0.382. The van der Waals surface area contributed by atoms with E-state index in [2.05, 4.69) is 36.4 Å². The molecule has 0 fully saturated rings. The molecular formula is C13H21N3. The minimum absolute atomic E-state index is 0.382. The van der Waals surface area contributed by atoms with E-state index in [1.807, 2.05) is 11.7 Å². The van der Waals surface area contributed by atoms with E-state index in [0.29, 0.717) is 6.04 Å². The lowest BCUT2D eigenvalue weighted by atomic mass is 10.0. The number of nitrogens with one attached hydrogen (secondary N) is 1. The van der Waals surface area contributed by atoms with Crippen molar-refractivity contribution in [1.29, 1.82) is 0 Å². The fourth-order valence-corrected chi connectivity index (χ4v) is 1.98. The van der Waals surface area contributed by atoms with E-state index in [0.717, 1.165) is 31.5 Å². The van der Waals surface area contributed by atoms with Gasteiger partial charge in [-0.25, -0.2) is 0 Å². The highest BCUT2D eigenvalue weighted by Gasteiger charge is 2.14. The van der Waals surface area contributed by atoms with Crippen LogP contribution in [0.3, 0.4) is 0 Å². The summed E-state index contributed by atoms with van der Waals surface area (Å²) in [7, 11) is 1.96. The molecule has 1 heterocycles. The second-order valence-corrected chi connectivity index (χ2v) is 4.05. The lowest BCUT2D eigenvalue weighted by Gasteiger charge is -2.16. The first-order valence-corrected chi connectivity index (χ1v) is 5.86. The van der Waals surface area contributed by atoms with Crippen LogP contribution < -0.4 is 5.32 Å². The van der Waals surface area contributed by atoms with Gasteiger partial charge in [-0.15, -0.1) is 12.3 Å². The minimum Gasteiger partial charge on any atom is -0.310 e. The first-order chi connectivity index (χ1) is 7.69. The van der Waals surface area contributed by atoms with Crippen LogP contribution in [0.4, 0.5) is 0 Å². The van der Waals surface area contributed by atoms with Crippen molar-refractivity contribution >= 4 is 0 Å². The van der Waals surface area contributed by atoms with Crippen LogP contribution in [-0.4, -0.2) is 16.3 Å². The van der Waals surface area contributed by atoms with E-state index in [1.54, 1.807) is 0 Å². The monoisotopic (exact) mass is 219 g/mol. The summed E-state index contributed by atoms with van der Waals surface area (Å²) in [6.45, 7) is 5.15. The maximum atomic E-state index is 5.27. The van der Waals surface area contributed by atoms with Gasteiger partial charge in [0.05, 0.1) is 5.69 Å². The van der Waals surface area contributed by atoms with Gasteiger partial charge in [-0.05, 0) is 26.3 Å². The highest BCUT2D eigenvalue weighted by Crippen LogP contribution is 2.21. The summed E-state index contributed by atoms with van der Waals surface area (Å²) in [5.41, 5.74) is 2.40. The van der Waals surface area contributed by atoms with Crippen molar-refractivity contribution in [3.05, 3.63) is 17.5 Å². The van der Waals surface area contributed by atoms with Crippen molar-refractivity contribution in [3.63, 3.8) is 0 Å². The van der Waals surface area contributed by atoms with E-state index in [1.165, 1.54) is 5.56 Å². The van der Waals surface area contributed by atoms with E-state index < -0.39 is 0 Å². The number of terminal acetylenes is 1. The largest absolute Gasteiger partial charge is 0.310 e. The molecule has 0 aliphatic rings. The molecule has 0 aromatic carbocycles. The molecule has 0 saturated carbocycles. The number of hydrogen-bond acceptors (Lipinski definition) is 2. The molecule has 0 radical (unpaired) electrons. The fourth-order valence-electron chi connectivity index (χ4n) is 1.98. The summed E-state index contributed by atoms with van der Waals surface area (Å²) in [6.07, 6.45) is 10.4. The van der Waals surface area contributed by atoms with Gasteiger partial charge in [0.25, 0.3) is 0 Å². The summed E-state index contributed by atoms with van der Waals surface area (Å²) in [4.78, 5) is 0. The maximum Gasteiger partial charge on any atom is 0.0641 e. The molecule has 0 spiro atoms. The standard InChI is InChI=1S/C13H21N3/c1-5-7-8-9-13(14-6-2)12-10-16(4)15-11(12)3/h1,10,13-14H,6-9H2,2-4H3. The van der Waals surface area contributed by atoms with Crippen molar-refractivity contribution in [2.45, 2.75) is 39.2 Å². The van der Waals surface area contributed by atoms with Gasteiger partial charge in [0.15, 0.2) is 0 Å². The molecule has 1 atom stereocenters. The SMILES string of the molecule is C#CCCCC(NCC)c1cn(C)nc1C. The zero-order valence-corrected chi connectivity index (χ0v) is 10.5. The Balaban J connectivity index is 2.69. The van der Waals surface area contributed by atoms with Crippen LogP contribution in [0.5, 0.6) is 0 Å². The molecule has 0 aliphatic heterocycles. The Morgan fingerprint density at radius 3 is 2.88 bits per heavy atom. The second-order valence-electron chi connectivity index (χ2n) is 4.05. The second kappa shape index (κ2) is 6.34. The average molecular weight is 219 g/mol. The van der Waals surface area contributed by atoms with Crippen molar-refractivity contribution < 1.29 is 0 Å². The zero-order valence-electron chi connectivity index (χ0n) is 10.5. The number of hydrogen-bond donors (Lipinski definition) is 1. The summed E-state index contributed by atoms with van der Waals surface area (Å²) in [5, 5.41) is 7.87. The highest BCUT2D eigenvalue weighted by atomic mass is 15.3. The van der Waals surface area contributed by atoms with Crippen LogP contribution in [0.15, 0.2) is 6.20 Å². The van der Waals surface area contributed by atoms with Crippen LogP contribution in [0, 0.1) is 19.3 Å². The molecule has 0 saturated heterocycles. The molecule has 3 nitrogen and oxygen atoms in total. The van der Waals surface area contributed by atoms with Crippen LogP contribution in [0.2, 0.25) is 0 Å². The first-order valence-electron chi connectivity index (χ1n) is 5.86. The highest BCUT2D eigenvalue weighted by molar-refractivity contribution is 5.20. The van der Waals surface area contributed by atoms with Gasteiger partial charge < -0.3 is 5.32 Å². The number of nitrogens with zero attached hydrogens (tertiary/aromatic N) is 2. The Kier molecular flexibility index (Phi) is 5.07. The first kappa shape index (κ1) is 12.8. The van der Waals surface area contributed by atoms with Gasteiger partial charge in [-0.2, -0.15) is 5.10 Å². The van der Waals surface area contributed by atoms with Gasteiger partial charge in [0, 0.05) is 31.3 Å². The van der Waals surface area contributed by atoms with E-state index >= 15 is 0 Å². The lowest BCUT2D eigenvalue weighted by Crippen LogP contribution is -2.21. The number of unbranched alkanes of at least 4 members (excludes halogenated alkanes) is 1. The van der Waals surface area contributed by atoms with Gasteiger partial charge >= 0.3 is 0 Å².